The predicted octanol–water partition coefficient (Wildman–Crippen LogP) is 1.61. The Morgan fingerprint density at radius 3 is 2.68 bits per heavy atom. The molecule has 112 valence electrons. The molecule has 1 unspecified atom stereocenters. The number of nitrogens with zero attached hydrogens (tertiary/aromatic N) is 1. The van der Waals surface area contributed by atoms with Gasteiger partial charge in [0.2, 0.25) is 5.91 Å². The van der Waals surface area contributed by atoms with Crippen LogP contribution in [0.2, 0.25) is 0 Å². The molecule has 0 radical (unpaired) electrons. The van der Waals surface area contributed by atoms with Gasteiger partial charge < -0.3 is 15.5 Å². The molecule has 0 aromatic heterocycles. The monoisotopic (exact) mass is 269 g/mol. The van der Waals surface area contributed by atoms with E-state index in [1.165, 1.54) is 25.9 Å². The molecule has 1 fully saturated rings. The lowest BCUT2D eigenvalue weighted by atomic mass is 9.99. The topological polar surface area (TPSA) is 44.4 Å². The van der Waals surface area contributed by atoms with E-state index in [4.69, 9.17) is 0 Å². The van der Waals surface area contributed by atoms with E-state index in [-0.39, 0.29) is 5.91 Å². The van der Waals surface area contributed by atoms with Gasteiger partial charge in [0, 0.05) is 12.6 Å². The molecule has 1 aliphatic heterocycles. The molecule has 1 atom stereocenters. The first-order valence-corrected chi connectivity index (χ1v) is 7.84. The summed E-state index contributed by atoms with van der Waals surface area (Å²) in [6.07, 6.45) is 4.76. The first-order valence-electron chi connectivity index (χ1n) is 7.84. The van der Waals surface area contributed by atoms with Gasteiger partial charge in [-0.25, -0.2) is 0 Å². The van der Waals surface area contributed by atoms with Crippen molar-refractivity contribution in [1.29, 1.82) is 0 Å². The van der Waals surface area contributed by atoms with Crippen LogP contribution in [-0.2, 0) is 4.79 Å². The predicted molar refractivity (Wildman–Crippen MR) is 80.2 cm³/mol. The van der Waals surface area contributed by atoms with Crippen molar-refractivity contribution in [3.8, 4) is 0 Å². The Hall–Kier alpha value is -0.610. The Morgan fingerprint density at radius 2 is 2.05 bits per heavy atom. The summed E-state index contributed by atoms with van der Waals surface area (Å²) in [7, 11) is 0. The minimum atomic E-state index is 0.118. The van der Waals surface area contributed by atoms with Crippen LogP contribution in [0.3, 0.4) is 0 Å². The molecule has 4 heteroatoms. The number of piperidine rings is 1. The molecule has 2 N–H and O–H groups in total. The highest BCUT2D eigenvalue weighted by Crippen LogP contribution is 2.15. The summed E-state index contributed by atoms with van der Waals surface area (Å²) in [5.74, 6) is 1.01. The molecule has 1 rings (SSSR count). The van der Waals surface area contributed by atoms with E-state index in [2.05, 4.69) is 36.3 Å². The van der Waals surface area contributed by atoms with E-state index < -0.39 is 0 Å². The van der Waals surface area contributed by atoms with E-state index in [0.717, 1.165) is 31.8 Å². The number of carbonyl (C=O) groups is 1. The summed E-state index contributed by atoms with van der Waals surface area (Å²) in [5.41, 5.74) is 0. The smallest absolute Gasteiger partial charge is 0.233 e. The van der Waals surface area contributed by atoms with Gasteiger partial charge in [-0.15, -0.1) is 0 Å². The van der Waals surface area contributed by atoms with Crippen LogP contribution in [-0.4, -0.2) is 49.6 Å². The van der Waals surface area contributed by atoms with Crippen molar-refractivity contribution < 1.29 is 4.79 Å². The van der Waals surface area contributed by atoms with Crippen LogP contribution in [0.5, 0.6) is 0 Å². The summed E-state index contributed by atoms with van der Waals surface area (Å²) in [6, 6.07) is 0.418. The first-order chi connectivity index (χ1) is 9.11. The van der Waals surface area contributed by atoms with Gasteiger partial charge in [0.1, 0.15) is 0 Å². The molecular weight excluding hydrogens is 238 g/mol. The molecule has 0 aromatic rings. The van der Waals surface area contributed by atoms with Crippen LogP contribution < -0.4 is 10.6 Å². The number of nitrogens with one attached hydrogen (secondary N) is 2. The van der Waals surface area contributed by atoms with Gasteiger partial charge in [-0.3, -0.25) is 4.79 Å². The lowest BCUT2D eigenvalue weighted by Gasteiger charge is -2.30. The fourth-order valence-corrected chi connectivity index (χ4v) is 2.29. The van der Waals surface area contributed by atoms with Crippen molar-refractivity contribution in [2.24, 2.45) is 5.92 Å². The van der Waals surface area contributed by atoms with Crippen molar-refractivity contribution in [2.45, 2.75) is 52.5 Å². The fourth-order valence-electron chi connectivity index (χ4n) is 2.29. The molecule has 1 aliphatic rings. The average molecular weight is 269 g/mol. The normalized spacial score (nSPS) is 19.3. The van der Waals surface area contributed by atoms with E-state index >= 15 is 0 Å². The number of carbonyl (C=O) groups excluding carboxylic acids is 1. The summed E-state index contributed by atoms with van der Waals surface area (Å²) in [5, 5.41) is 6.19. The maximum Gasteiger partial charge on any atom is 0.233 e. The largest absolute Gasteiger partial charge is 0.355 e. The van der Waals surface area contributed by atoms with Gasteiger partial charge in [-0.1, -0.05) is 13.8 Å². The van der Waals surface area contributed by atoms with Crippen molar-refractivity contribution in [2.75, 3.05) is 32.7 Å². The van der Waals surface area contributed by atoms with Crippen LogP contribution in [0.1, 0.15) is 46.5 Å². The number of hydrogen-bond acceptors (Lipinski definition) is 3. The molecule has 1 heterocycles. The number of likely N-dealkylation sites (tertiary alicyclic amines) is 1. The van der Waals surface area contributed by atoms with Crippen molar-refractivity contribution >= 4 is 5.91 Å². The van der Waals surface area contributed by atoms with E-state index in [9.17, 15) is 4.79 Å². The number of hydrogen-bond donors (Lipinski definition) is 2. The molecule has 19 heavy (non-hydrogen) atoms. The fraction of sp³-hybridized carbons (Fsp3) is 0.933. The van der Waals surface area contributed by atoms with Gasteiger partial charge in [0.05, 0.1) is 6.54 Å². The van der Waals surface area contributed by atoms with Crippen LogP contribution in [0, 0.1) is 5.92 Å². The summed E-state index contributed by atoms with van der Waals surface area (Å²) < 4.78 is 0. The average Bonchev–Trinajstić information content (AvgIpc) is 2.42. The van der Waals surface area contributed by atoms with E-state index in [1.807, 2.05) is 0 Å². The van der Waals surface area contributed by atoms with Crippen LogP contribution in [0.25, 0.3) is 0 Å². The van der Waals surface area contributed by atoms with Crippen LogP contribution in [0.4, 0.5) is 0 Å². The lowest BCUT2D eigenvalue weighted by Crippen LogP contribution is -2.39. The van der Waals surface area contributed by atoms with Gasteiger partial charge in [0.25, 0.3) is 0 Å². The third kappa shape index (κ3) is 7.53. The Bertz CT molecular complexity index is 250. The Kier molecular flexibility index (Phi) is 8.07. The molecule has 1 amide bonds. The second-order valence-corrected chi connectivity index (χ2v) is 5.92. The van der Waals surface area contributed by atoms with E-state index in [0.29, 0.717) is 12.6 Å². The molecule has 0 spiro atoms. The maximum atomic E-state index is 11.6. The van der Waals surface area contributed by atoms with Gasteiger partial charge in [-0.2, -0.15) is 0 Å². The highest BCUT2D eigenvalue weighted by atomic mass is 16.1. The summed E-state index contributed by atoms with van der Waals surface area (Å²) in [6.45, 7) is 11.4. The van der Waals surface area contributed by atoms with Crippen LogP contribution in [0.15, 0.2) is 0 Å². The summed E-state index contributed by atoms with van der Waals surface area (Å²) >= 11 is 0. The van der Waals surface area contributed by atoms with Crippen LogP contribution >= 0.6 is 0 Å². The third-order valence-electron chi connectivity index (χ3n) is 4.07. The Morgan fingerprint density at radius 1 is 1.37 bits per heavy atom. The zero-order chi connectivity index (χ0) is 14.1. The molecule has 4 nitrogen and oxygen atoms in total. The minimum Gasteiger partial charge on any atom is -0.355 e. The summed E-state index contributed by atoms with van der Waals surface area (Å²) in [4.78, 5) is 14.1. The zero-order valence-electron chi connectivity index (χ0n) is 12.9. The van der Waals surface area contributed by atoms with E-state index in [1.54, 1.807) is 0 Å². The Balaban J connectivity index is 1.96. The third-order valence-corrected chi connectivity index (χ3v) is 4.07. The Labute approximate surface area is 118 Å². The minimum absolute atomic E-state index is 0.118. The van der Waals surface area contributed by atoms with Gasteiger partial charge in [0.15, 0.2) is 0 Å². The molecule has 0 bridgehead atoms. The van der Waals surface area contributed by atoms with Crippen molar-refractivity contribution in [3.63, 3.8) is 0 Å². The van der Waals surface area contributed by atoms with Crippen molar-refractivity contribution in [3.05, 3.63) is 0 Å². The highest BCUT2D eigenvalue weighted by molar-refractivity contribution is 5.77. The standard InChI is InChI=1S/C15H31N3O/c1-4-14(3)17-12-15(19)16-8-5-9-18-10-6-13(2)7-11-18/h13-14,17H,4-12H2,1-3H3,(H,16,19). The molecule has 0 aromatic carbocycles. The number of rotatable bonds is 8. The maximum absolute atomic E-state index is 11.6. The number of amides is 1. The van der Waals surface area contributed by atoms with Crippen molar-refractivity contribution in [1.82, 2.24) is 15.5 Å². The van der Waals surface area contributed by atoms with Gasteiger partial charge >= 0.3 is 0 Å². The molecular formula is C15H31N3O. The molecule has 0 saturated carbocycles. The first kappa shape index (κ1) is 16.4. The quantitative estimate of drug-likeness (QED) is 0.658. The zero-order valence-corrected chi connectivity index (χ0v) is 12.9. The second kappa shape index (κ2) is 9.32. The lowest BCUT2D eigenvalue weighted by molar-refractivity contribution is -0.120. The van der Waals surface area contributed by atoms with Gasteiger partial charge in [-0.05, 0) is 58.2 Å². The molecule has 0 aliphatic carbocycles. The molecule has 1 saturated heterocycles. The highest BCUT2D eigenvalue weighted by Gasteiger charge is 2.14. The second-order valence-electron chi connectivity index (χ2n) is 5.92. The SMILES string of the molecule is CCC(C)NCC(=O)NCCCN1CCC(C)CC1.